The lowest BCUT2D eigenvalue weighted by molar-refractivity contribution is -0.157. The lowest BCUT2D eigenvalue weighted by atomic mass is 9.76. The first-order valence-corrected chi connectivity index (χ1v) is 9.41. The van der Waals surface area contributed by atoms with Gasteiger partial charge in [0, 0.05) is 30.6 Å². The van der Waals surface area contributed by atoms with Crippen LogP contribution in [0, 0.1) is 29.6 Å². The van der Waals surface area contributed by atoms with Crippen molar-refractivity contribution in [3.63, 3.8) is 0 Å². The second-order valence-corrected chi connectivity index (χ2v) is 8.77. The summed E-state index contributed by atoms with van der Waals surface area (Å²) in [4.78, 5) is 24.6. The smallest absolute Gasteiger partial charge is 0.309 e. The SMILES string of the molecule is CC1=CCC2C1C1OC(=O)C(C)C1C(OC(=O)CC(C)C)CC2(C)O. The number of hydrogen-bond acceptors (Lipinski definition) is 5. The van der Waals surface area contributed by atoms with Crippen molar-refractivity contribution in [1.82, 2.24) is 0 Å². The van der Waals surface area contributed by atoms with Crippen LogP contribution in [0.3, 0.4) is 0 Å². The van der Waals surface area contributed by atoms with Gasteiger partial charge in [0.1, 0.15) is 12.2 Å². The van der Waals surface area contributed by atoms with Gasteiger partial charge in [0.15, 0.2) is 0 Å². The van der Waals surface area contributed by atoms with E-state index < -0.39 is 11.7 Å². The van der Waals surface area contributed by atoms with Crippen molar-refractivity contribution in [3.05, 3.63) is 11.6 Å². The summed E-state index contributed by atoms with van der Waals surface area (Å²) < 4.78 is 11.5. The highest BCUT2D eigenvalue weighted by atomic mass is 16.6. The Labute approximate surface area is 149 Å². The molecule has 1 saturated carbocycles. The largest absolute Gasteiger partial charge is 0.462 e. The standard InChI is InChI=1S/C20H30O5/c1-10(2)8-15(21)24-14-9-20(5,23)13-7-6-11(3)16(13)18-17(14)12(4)19(22)25-18/h6,10,12-14,16-18,23H,7-9H2,1-5H3. The molecule has 0 radical (unpaired) electrons. The predicted molar refractivity (Wildman–Crippen MR) is 92.5 cm³/mol. The van der Waals surface area contributed by atoms with E-state index in [0.717, 1.165) is 12.0 Å². The van der Waals surface area contributed by atoms with Gasteiger partial charge in [-0.15, -0.1) is 0 Å². The fraction of sp³-hybridized carbons (Fsp3) is 0.800. The number of carbonyl (C=O) groups is 2. The van der Waals surface area contributed by atoms with Crippen LogP contribution < -0.4 is 0 Å². The molecule has 2 aliphatic carbocycles. The van der Waals surface area contributed by atoms with E-state index in [0.29, 0.717) is 12.8 Å². The average Bonchev–Trinajstić information content (AvgIpc) is 2.96. The Bertz CT molecular complexity index is 591. The van der Waals surface area contributed by atoms with Gasteiger partial charge in [0.25, 0.3) is 0 Å². The molecule has 0 aromatic rings. The Morgan fingerprint density at radius 3 is 2.80 bits per heavy atom. The van der Waals surface area contributed by atoms with Crippen LogP contribution in [0.4, 0.5) is 0 Å². The highest BCUT2D eigenvalue weighted by Crippen LogP contribution is 2.53. The van der Waals surface area contributed by atoms with Crippen molar-refractivity contribution in [2.24, 2.45) is 29.6 Å². The van der Waals surface area contributed by atoms with Crippen molar-refractivity contribution < 1.29 is 24.2 Å². The molecule has 0 bridgehead atoms. The summed E-state index contributed by atoms with van der Waals surface area (Å²) >= 11 is 0. The predicted octanol–water partition coefficient (Wildman–Crippen LogP) is 2.86. The summed E-state index contributed by atoms with van der Waals surface area (Å²) in [6, 6.07) is 0. The third kappa shape index (κ3) is 3.23. The van der Waals surface area contributed by atoms with Gasteiger partial charge in [-0.1, -0.05) is 32.4 Å². The number of rotatable bonds is 3. The second-order valence-electron chi connectivity index (χ2n) is 8.77. The molecular formula is C20H30O5. The number of esters is 2. The molecule has 1 aliphatic heterocycles. The van der Waals surface area contributed by atoms with E-state index in [1.165, 1.54) is 0 Å². The number of ether oxygens (including phenoxy) is 2. The summed E-state index contributed by atoms with van der Waals surface area (Å²) in [6.07, 6.45) is 2.78. The van der Waals surface area contributed by atoms with Gasteiger partial charge in [0.2, 0.25) is 0 Å². The molecule has 0 spiro atoms. The molecule has 2 fully saturated rings. The summed E-state index contributed by atoms with van der Waals surface area (Å²) in [6.45, 7) is 9.65. The van der Waals surface area contributed by atoms with E-state index in [4.69, 9.17) is 9.47 Å². The molecular weight excluding hydrogens is 320 g/mol. The molecule has 7 atom stereocenters. The molecule has 0 aromatic heterocycles. The molecule has 140 valence electrons. The fourth-order valence-corrected chi connectivity index (χ4v) is 5.01. The Balaban J connectivity index is 1.94. The van der Waals surface area contributed by atoms with Crippen LogP contribution in [-0.4, -0.2) is 34.9 Å². The van der Waals surface area contributed by atoms with E-state index >= 15 is 0 Å². The minimum Gasteiger partial charge on any atom is -0.462 e. The minimum atomic E-state index is -0.960. The molecule has 1 heterocycles. The minimum absolute atomic E-state index is 0.00250. The van der Waals surface area contributed by atoms with Crippen molar-refractivity contribution >= 4 is 11.9 Å². The van der Waals surface area contributed by atoms with Gasteiger partial charge in [-0.2, -0.15) is 0 Å². The van der Waals surface area contributed by atoms with E-state index in [-0.39, 0.29) is 47.6 Å². The highest BCUT2D eigenvalue weighted by Gasteiger charge is 2.59. The van der Waals surface area contributed by atoms with Crippen LogP contribution in [0.5, 0.6) is 0 Å². The summed E-state index contributed by atoms with van der Waals surface area (Å²) in [7, 11) is 0. The van der Waals surface area contributed by atoms with Crippen molar-refractivity contribution in [2.45, 2.75) is 71.7 Å². The average molecular weight is 350 g/mol. The zero-order valence-corrected chi connectivity index (χ0v) is 15.8. The second kappa shape index (κ2) is 6.42. The number of hydrogen-bond donors (Lipinski definition) is 1. The molecule has 0 aromatic carbocycles. The van der Waals surface area contributed by atoms with Crippen LogP contribution in [0.1, 0.15) is 53.9 Å². The monoisotopic (exact) mass is 350 g/mol. The summed E-state index contributed by atoms with van der Waals surface area (Å²) in [5.41, 5.74) is 0.203. The fourth-order valence-electron chi connectivity index (χ4n) is 5.01. The third-order valence-corrected chi connectivity index (χ3v) is 6.29. The molecule has 5 nitrogen and oxygen atoms in total. The first-order chi connectivity index (χ1) is 11.6. The number of allylic oxidation sites excluding steroid dienone is 1. The molecule has 7 unspecified atom stereocenters. The van der Waals surface area contributed by atoms with Gasteiger partial charge >= 0.3 is 11.9 Å². The Morgan fingerprint density at radius 1 is 1.48 bits per heavy atom. The van der Waals surface area contributed by atoms with Gasteiger partial charge in [-0.05, 0) is 26.2 Å². The maximum absolute atomic E-state index is 12.3. The first-order valence-electron chi connectivity index (χ1n) is 9.41. The Morgan fingerprint density at radius 2 is 2.16 bits per heavy atom. The van der Waals surface area contributed by atoms with E-state index in [1.54, 1.807) is 0 Å². The van der Waals surface area contributed by atoms with Gasteiger partial charge in [-0.3, -0.25) is 9.59 Å². The molecule has 5 heteroatoms. The van der Waals surface area contributed by atoms with Crippen molar-refractivity contribution in [1.29, 1.82) is 0 Å². The molecule has 3 aliphatic rings. The van der Waals surface area contributed by atoms with Crippen molar-refractivity contribution in [2.75, 3.05) is 0 Å². The lowest BCUT2D eigenvalue weighted by Gasteiger charge is -2.34. The first kappa shape index (κ1) is 18.4. The Hall–Kier alpha value is -1.36. The Kier molecular flexibility index (Phi) is 4.73. The molecule has 3 rings (SSSR count). The molecule has 25 heavy (non-hydrogen) atoms. The van der Waals surface area contributed by atoms with Gasteiger partial charge in [-0.25, -0.2) is 0 Å². The summed E-state index contributed by atoms with van der Waals surface area (Å²) in [5, 5.41) is 11.1. The quantitative estimate of drug-likeness (QED) is 0.626. The maximum atomic E-state index is 12.3. The lowest BCUT2D eigenvalue weighted by Crippen LogP contribution is -2.40. The van der Waals surface area contributed by atoms with Crippen molar-refractivity contribution in [3.8, 4) is 0 Å². The highest BCUT2D eigenvalue weighted by molar-refractivity contribution is 5.75. The van der Waals surface area contributed by atoms with E-state index in [2.05, 4.69) is 6.08 Å². The number of aliphatic hydroxyl groups is 1. The molecule has 0 amide bonds. The van der Waals surface area contributed by atoms with Crippen LogP contribution in [0.25, 0.3) is 0 Å². The third-order valence-electron chi connectivity index (χ3n) is 6.29. The van der Waals surface area contributed by atoms with Crippen LogP contribution in [-0.2, 0) is 19.1 Å². The van der Waals surface area contributed by atoms with Crippen LogP contribution >= 0.6 is 0 Å². The van der Waals surface area contributed by atoms with E-state index in [9.17, 15) is 14.7 Å². The molecule has 1 saturated heterocycles. The van der Waals surface area contributed by atoms with Crippen LogP contribution in [0.15, 0.2) is 11.6 Å². The zero-order chi connectivity index (χ0) is 18.5. The normalized spacial score (nSPS) is 43.2. The molecule has 1 N–H and O–H groups in total. The summed E-state index contributed by atoms with van der Waals surface area (Å²) in [5.74, 6) is -0.815. The van der Waals surface area contributed by atoms with Crippen LogP contribution in [0.2, 0.25) is 0 Å². The van der Waals surface area contributed by atoms with E-state index in [1.807, 2.05) is 34.6 Å². The topological polar surface area (TPSA) is 72.8 Å². The number of carbonyl (C=O) groups excluding carboxylic acids is 2. The number of fused-ring (bicyclic) bond motifs is 3. The zero-order valence-electron chi connectivity index (χ0n) is 15.8. The maximum Gasteiger partial charge on any atom is 0.309 e. The van der Waals surface area contributed by atoms with Gasteiger partial charge < -0.3 is 14.6 Å². The van der Waals surface area contributed by atoms with Gasteiger partial charge in [0.05, 0.1) is 11.5 Å².